The molecule has 2 saturated heterocycles. The number of aliphatic imine (C=N–C) groups is 1. The van der Waals surface area contributed by atoms with Gasteiger partial charge in [-0.3, -0.25) is 4.99 Å². The quantitative estimate of drug-likeness (QED) is 0.793. The fourth-order valence-corrected chi connectivity index (χ4v) is 3.02. The van der Waals surface area contributed by atoms with Gasteiger partial charge in [0, 0.05) is 18.3 Å². The summed E-state index contributed by atoms with van der Waals surface area (Å²) in [6.07, 6.45) is 4.17. The van der Waals surface area contributed by atoms with Crippen molar-refractivity contribution in [2.45, 2.75) is 32.2 Å². The molecule has 0 aromatic carbocycles. The van der Waals surface area contributed by atoms with E-state index in [-0.39, 0.29) is 0 Å². The Balaban J connectivity index is 1.65. The van der Waals surface area contributed by atoms with Crippen LogP contribution in [0.3, 0.4) is 0 Å². The van der Waals surface area contributed by atoms with Crippen molar-refractivity contribution in [3.8, 4) is 0 Å². The van der Waals surface area contributed by atoms with Gasteiger partial charge >= 0.3 is 0 Å². The van der Waals surface area contributed by atoms with Crippen molar-refractivity contribution in [1.82, 2.24) is 10.2 Å². The molecule has 0 aliphatic carbocycles. The molecule has 0 bridgehead atoms. The Labute approximate surface area is 96.7 Å². The Morgan fingerprint density at radius 3 is 2.87 bits per heavy atom. The molecule has 2 aliphatic heterocycles. The summed E-state index contributed by atoms with van der Waals surface area (Å²) < 4.78 is 0. The number of amidine groups is 1. The summed E-state index contributed by atoms with van der Waals surface area (Å²) in [7, 11) is 0. The monoisotopic (exact) mass is 227 g/mol. The van der Waals surface area contributed by atoms with E-state index in [1.165, 1.54) is 38.1 Å². The van der Waals surface area contributed by atoms with Crippen molar-refractivity contribution in [1.29, 1.82) is 0 Å². The van der Waals surface area contributed by atoms with Crippen LogP contribution in [0, 0.1) is 0 Å². The molecule has 0 saturated carbocycles. The van der Waals surface area contributed by atoms with E-state index in [1.807, 2.05) is 11.8 Å². The zero-order valence-corrected chi connectivity index (χ0v) is 10.4. The predicted octanol–water partition coefficient (Wildman–Crippen LogP) is 1.55. The van der Waals surface area contributed by atoms with Crippen LogP contribution in [-0.4, -0.2) is 48.0 Å². The van der Waals surface area contributed by atoms with E-state index in [4.69, 9.17) is 0 Å². The molecule has 15 heavy (non-hydrogen) atoms. The van der Waals surface area contributed by atoms with E-state index in [1.54, 1.807) is 0 Å². The van der Waals surface area contributed by atoms with Gasteiger partial charge in [-0.25, -0.2) is 0 Å². The van der Waals surface area contributed by atoms with Crippen molar-refractivity contribution in [2.75, 3.05) is 31.9 Å². The molecule has 0 amide bonds. The first kappa shape index (κ1) is 11.3. The SMILES string of the molecule is CC1CSC(=NCCN2CCCCC2)N1. The molecular formula is C11H21N3S. The van der Waals surface area contributed by atoms with Crippen molar-refractivity contribution < 1.29 is 0 Å². The van der Waals surface area contributed by atoms with Crippen molar-refractivity contribution in [3.63, 3.8) is 0 Å². The summed E-state index contributed by atoms with van der Waals surface area (Å²) in [5.74, 6) is 1.17. The molecule has 2 heterocycles. The lowest BCUT2D eigenvalue weighted by molar-refractivity contribution is 0.235. The summed E-state index contributed by atoms with van der Waals surface area (Å²) >= 11 is 1.86. The van der Waals surface area contributed by atoms with E-state index in [2.05, 4.69) is 22.1 Å². The zero-order valence-electron chi connectivity index (χ0n) is 9.54. The van der Waals surface area contributed by atoms with Crippen LogP contribution >= 0.6 is 11.8 Å². The minimum Gasteiger partial charge on any atom is -0.362 e. The zero-order chi connectivity index (χ0) is 10.5. The lowest BCUT2D eigenvalue weighted by atomic mass is 10.1. The molecule has 0 radical (unpaired) electrons. The van der Waals surface area contributed by atoms with Gasteiger partial charge in [-0.1, -0.05) is 18.2 Å². The van der Waals surface area contributed by atoms with E-state index < -0.39 is 0 Å². The molecule has 0 aromatic rings. The van der Waals surface area contributed by atoms with Crippen LogP contribution in [0.1, 0.15) is 26.2 Å². The maximum Gasteiger partial charge on any atom is 0.156 e. The van der Waals surface area contributed by atoms with Crippen molar-refractivity contribution in [3.05, 3.63) is 0 Å². The van der Waals surface area contributed by atoms with Gasteiger partial charge in [0.1, 0.15) is 0 Å². The lowest BCUT2D eigenvalue weighted by Gasteiger charge is -2.25. The standard InChI is InChI=1S/C11H21N3S/c1-10-9-15-11(13-10)12-5-8-14-6-3-2-4-7-14/h10H,2-9H2,1H3,(H,12,13). The van der Waals surface area contributed by atoms with Gasteiger partial charge < -0.3 is 10.2 Å². The summed E-state index contributed by atoms with van der Waals surface area (Å²) in [5.41, 5.74) is 0. The molecule has 4 heteroatoms. The van der Waals surface area contributed by atoms with Crippen LogP contribution in [0.5, 0.6) is 0 Å². The first-order valence-electron chi connectivity index (χ1n) is 6.01. The van der Waals surface area contributed by atoms with Gasteiger partial charge in [-0.15, -0.1) is 0 Å². The fraction of sp³-hybridized carbons (Fsp3) is 0.909. The number of thioether (sulfide) groups is 1. The third kappa shape index (κ3) is 3.68. The predicted molar refractivity (Wildman–Crippen MR) is 67.6 cm³/mol. The van der Waals surface area contributed by atoms with Crippen LogP contribution in [-0.2, 0) is 0 Å². The molecule has 0 spiro atoms. The highest BCUT2D eigenvalue weighted by atomic mass is 32.2. The largest absolute Gasteiger partial charge is 0.362 e. The molecule has 2 rings (SSSR count). The second-order valence-electron chi connectivity index (χ2n) is 4.45. The Morgan fingerprint density at radius 2 is 2.20 bits per heavy atom. The van der Waals surface area contributed by atoms with E-state index >= 15 is 0 Å². The summed E-state index contributed by atoms with van der Waals surface area (Å²) in [5, 5.41) is 4.54. The second-order valence-corrected chi connectivity index (χ2v) is 5.45. The van der Waals surface area contributed by atoms with Crippen LogP contribution in [0.15, 0.2) is 4.99 Å². The molecule has 2 fully saturated rings. The molecule has 1 atom stereocenters. The van der Waals surface area contributed by atoms with Crippen LogP contribution in [0.25, 0.3) is 0 Å². The van der Waals surface area contributed by atoms with Crippen LogP contribution < -0.4 is 5.32 Å². The van der Waals surface area contributed by atoms with Gasteiger partial charge in [0.2, 0.25) is 0 Å². The molecule has 1 unspecified atom stereocenters. The van der Waals surface area contributed by atoms with Gasteiger partial charge in [-0.2, -0.15) is 0 Å². The Kier molecular flexibility index (Phi) is 4.32. The Bertz CT molecular complexity index is 224. The molecule has 1 N–H and O–H groups in total. The minimum atomic E-state index is 0.601. The maximum absolute atomic E-state index is 4.59. The number of rotatable bonds is 3. The molecule has 0 aromatic heterocycles. The van der Waals surface area contributed by atoms with E-state index in [9.17, 15) is 0 Å². The third-order valence-corrected chi connectivity index (χ3v) is 4.15. The molecule has 86 valence electrons. The molecular weight excluding hydrogens is 206 g/mol. The Morgan fingerprint density at radius 1 is 1.40 bits per heavy atom. The summed E-state index contributed by atoms with van der Waals surface area (Å²) in [6, 6.07) is 0.601. The normalized spacial score (nSPS) is 30.7. The van der Waals surface area contributed by atoms with E-state index in [0.29, 0.717) is 6.04 Å². The lowest BCUT2D eigenvalue weighted by Crippen LogP contribution is -2.32. The smallest absolute Gasteiger partial charge is 0.156 e. The number of hydrogen-bond donors (Lipinski definition) is 1. The number of nitrogens with one attached hydrogen (secondary N) is 1. The summed E-state index contributed by atoms with van der Waals surface area (Å²) in [4.78, 5) is 7.13. The maximum atomic E-state index is 4.59. The number of piperidine rings is 1. The second kappa shape index (κ2) is 5.75. The highest BCUT2D eigenvalue weighted by molar-refractivity contribution is 8.14. The highest BCUT2D eigenvalue weighted by Crippen LogP contribution is 2.13. The Hall–Kier alpha value is -0.220. The van der Waals surface area contributed by atoms with Gasteiger partial charge in [0.15, 0.2) is 5.17 Å². The van der Waals surface area contributed by atoms with Crippen molar-refractivity contribution in [2.24, 2.45) is 4.99 Å². The van der Waals surface area contributed by atoms with Gasteiger partial charge in [-0.05, 0) is 32.9 Å². The fourth-order valence-electron chi connectivity index (χ4n) is 2.07. The number of hydrogen-bond acceptors (Lipinski definition) is 3. The summed E-state index contributed by atoms with van der Waals surface area (Å²) in [6.45, 7) is 6.87. The van der Waals surface area contributed by atoms with Crippen LogP contribution in [0.4, 0.5) is 0 Å². The third-order valence-electron chi connectivity index (χ3n) is 2.96. The topological polar surface area (TPSA) is 27.6 Å². The average Bonchev–Trinajstić information content (AvgIpc) is 2.66. The van der Waals surface area contributed by atoms with Crippen LogP contribution in [0.2, 0.25) is 0 Å². The number of nitrogens with zero attached hydrogens (tertiary/aromatic N) is 2. The average molecular weight is 227 g/mol. The molecule has 3 nitrogen and oxygen atoms in total. The highest BCUT2D eigenvalue weighted by Gasteiger charge is 2.15. The van der Waals surface area contributed by atoms with Crippen molar-refractivity contribution >= 4 is 16.9 Å². The molecule has 2 aliphatic rings. The minimum absolute atomic E-state index is 0.601. The van der Waals surface area contributed by atoms with Gasteiger partial charge in [0.25, 0.3) is 0 Å². The van der Waals surface area contributed by atoms with E-state index in [0.717, 1.165) is 18.3 Å². The first-order valence-corrected chi connectivity index (χ1v) is 6.99. The first-order chi connectivity index (χ1) is 7.34. The number of likely N-dealkylation sites (tertiary alicyclic amines) is 1. The van der Waals surface area contributed by atoms with Gasteiger partial charge in [0.05, 0.1) is 6.54 Å².